The minimum Gasteiger partial charge on any atom is -0.462 e. The average molecular weight is 372 g/mol. The van der Waals surface area contributed by atoms with E-state index in [1.54, 1.807) is 24.3 Å². The summed E-state index contributed by atoms with van der Waals surface area (Å²) in [4.78, 5) is 12.0. The van der Waals surface area contributed by atoms with Gasteiger partial charge in [-0.2, -0.15) is 5.26 Å². The highest BCUT2D eigenvalue weighted by atomic mass is 35.5. The summed E-state index contributed by atoms with van der Waals surface area (Å²) in [5.74, 6) is 0.438. The van der Waals surface area contributed by atoms with Crippen molar-refractivity contribution in [2.24, 2.45) is 0 Å². The number of hydrogen-bond acceptors (Lipinski definition) is 4. The molecule has 0 saturated carbocycles. The molecule has 0 atom stereocenters. The van der Waals surface area contributed by atoms with Crippen LogP contribution in [-0.2, 0) is 9.53 Å². The topological polar surface area (TPSA) is 63.2 Å². The highest BCUT2D eigenvalue weighted by Crippen LogP contribution is 2.25. The Bertz CT molecular complexity index is 784. The van der Waals surface area contributed by atoms with Gasteiger partial charge in [-0.15, -0.1) is 0 Å². The summed E-state index contributed by atoms with van der Waals surface area (Å²) < 4.78 is 10.8. The fraction of sp³-hybridized carbons (Fsp3) is 0.333. The van der Waals surface area contributed by atoms with Gasteiger partial charge in [0.05, 0.1) is 6.61 Å². The van der Waals surface area contributed by atoms with Gasteiger partial charge in [-0.25, -0.2) is 4.79 Å². The molecule has 2 rings (SSSR count). The molecule has 4 nitrogen and oxygen atoms in total. The van der Waals surface area contributed by atoms with Crippen molar-refractivity contribution < 1.29 is 13.9 Å². The third kappa shape index (κ3) is 6.09. The minimum absolute atomic E-state index is 0.0736. The van der Waals surface area contributed by atoms with Crippen LogP contribution in [0.15, 0.2) is 46.4 Å². The van der Waals surface area contributed by atoms with Gasteiger partial charge in [-0.05, 0) is 42.8 Å². The number of esters is 1. The molecule has 1 heterocycles. The Morgan fingerprint density at radius 3 is 2.58 bits per heavy atom. The van der Waals surface area contributed by atoms with E-state index in [0.29, 0.717) is 23.2 Å². The first-order chi connectivity index (χ1) is 12.6. The zero-order valence-electron chi connectivity index (χ0n) is 14.8. The molecule has 26 heavy (non-hydrogen) atoms. The second-order valence-electron chi connectivity index (χ2n) is 5.93. The van der Waals surface area contributed by atoms with Gasteiger partial charge in [0.2, 0.25) is 0 Å². The molecule has 0 bridgehead atoms. The van der Waals surface area contributed by atoms with Crippen molar-refractivity contribution in [3.8, 4) is 17.4 Å². The summed E-state index contributed by atoms with van der Waals surface area (Å²) in [7, 11) is 0. The Kier molecular flexibility index (Phi) is 7.98. The van der Waals surface area contributed by atoms with Gasteiger partial charge in [0, 0.05) is 16.7 Å². The van der Waals surface area contributed by atoms with E-state index in [9.17, 15) is 10.1 Å². The van der Waals surface area contributed by atoms with E-state index in [-0.39, 0.29) is 5.57 Å². The predicted octanol–water partition coefficient (Wildman–Crippen LogP) is 6.02. The molecule has 0 unspecified atom stereocenters. The number of nitriles is 1. The highest BCUT2D eigenvalue weighted by molar-refractivity contribution is 6.30. The standard InChI is InChI=1S/C21H22ClNO3/c1-2-3-4-5-6-13-25-21(24)17(15-23)14-19-11-12-20(26-19)16-7-9-18(22)10-8-16/h7-12,14H,2-6,13H2,1H3/b17-14+. The van der Waals surface area contributed by atoms with Gasteiger partial charge >= 0.3 is 5.97 Å². The Morgan fingerprint density at radius 1 is 1.15 bits per heavy atom. The van der Waals surface area contributed by atoms with Crippen LogP contribution in [0.4, 0.5) is 0 Å². The summed E-state index contributed by atoms with van der Waals surface area (Å²) in [6, 6.07) is 12.6. The lowest BCUT2D eigenvalue weighted by Gasteiger charge is -2.03. The monoisotopic (exact) mass is 371 g/mol. The van der Waals surface area contributed by atoms with Gasteiger partial charge < -0.3 is 9.15 Å². The molecule has 5 heteroatoms. The maximum Gasteiger partial charge on any atom is 0.349 e. The summed E-state index contributed by atoms with van der Waals surface area (Å²) in [5, 5.41) is 9.85. The fourth-order valence-corrected chi connectivity index (χ4v) is 2.55. The molecule has 0 radical (unpaired) electrons. The van der Waals surface area contributed by atoms with Crippen LogP contribution in [0.5, 0.6) is 0 Å². The summed E-state index contributed by atoms with van der Waals surface area (Å²) in [5.41, 5.74) is 0.790. The van der Waals surface area contributed by atoms with Crippen LogP contribution in [0.2, 0.25) is 5.02 Å². The highest BCUT2D eigenvalue weighted by Gasteiger charge is 2.12. The second kappa shape index (κ2) is 10.5. The molecule has 0 saturated heterocycles. The van der Waals surface area contributed by atoms with E-state index >= 15 is 0 Å². The van der Waals surface area contributed by atoms with Crippen molar-refractivity contribution >= 4 is 23.6 Å². The van der Waals surface area contributed by atoms with E-state index < -0.39 is 5.97 Å². The third-order valence-corrected chi connectivity index (χ3v) is 4.12. The van der Waals surface area contributed by atoms with E-state index in [0.717, 1.165) is 24.8 Å². The van der Waals surface area contributed by atoms with Crippen molar-refractivity contribution in [3.63, 3.8) is 0 Å². The van der Waals surface area contributed by atoms with E-state index in [2.05, 4.69) is 6.92 Å². The van der Waals surface area contributed by atoms with Crippen molar-refractivity contribution in [1.29, 1.82) is 5.26 Å². The molecule has 0 N–H and O–H groups in total. The molecule has 136 valence electrons. The molecule has 0 aliphatic rings. The number of carbonyl (C=O) groups is 1. The number of hydrogen-bond donors (Lipinski definition) is 0. The smallest absolute Gasteiger partial charge is 0.349 e. The Hall–Kier alpha value is -2.51. The maximum absolute atomic E-state index is 12.0. The molecule has 1 aromatic carbocycles. The lowest BCUT2D eigenvalue weighted by molar-refractivity contribution is -0.138. The molecule has 0 amide bonds. The Labute approximate surface area is 159 Å². The fourth-order valence-electron chi connectivity index (χ4n) is 2.43. The maximum atomic E-state index is 12.0. The van der Waals surface area contributed by atoms with Crippen LogP contribution in [-0.4, -0.2) is 12.6 Å². The number of carbonyl (C=O) groups excluding carboxylic acids is 1. The van der Waals surface area contributed by atoms with Gasteiger partial charge in [0.1, 0.15) is 23.2 Å². The second-order valence-corrected chi connectivity index (χ2v) is 6.37. The largest absolute Gasteiger partial charge is 0.462 e. The van der Waals surface area contributed by atoms with Gasteiger partial charge in [0.15, 0.2) is 0 Å². The Balaban J connectivity index is 1.95. The van der Waals surface area contributed by atoms with Crippen LogP contribution in [0.25, 0.3) is 17.4 Å². The van der Waals surface area contributed by atoms with Gasteiger partial charge in [0.25, 0.3) is 0 Å². The number of rotatable bonds is 9. The lowest BCUT2D eigenvalue weighted by Crippen LogP contribution is -2.07. The van der Waals surface area contributed by atoms with Crippen molar-refractivity contribution in [3.05, 3.63) is 52.8 Å². The van der Waals surface area contributed by atoms with Crippen molar-refractivity contribution in [2.75, 3.05) is 6.61 Å². The lowest BCUT2D eigenvalue weighted by atomic mass is 10.2. The minimum atomic E-state index is -0.618. The molecule has 0 aliphatic heterocycles. The molecular formula is C21H22ClNO3. The number of ether oxygens (including phenoxy) is 1. The van der Waals surface area contributed by atoms with E-state index in [4.69, 9.17) is 20.8 Å². The van der Waals surface area contributed by atoms with Gasteiger partial charge in [-0.3, -0.25) is 0 Å². The first-order valence-electron chi connectivity index (χ1n) is 8.78. The van der Waals surface area contributed by atoms with Crippen LogP contribution in [0, 0.1) is 11.3 Å². The third-order valence-electron chi connectivity index (χ3n) is 3.86. The van der Waals surface area contributed by atoms with Crippen molar-refractivity contribution in [1.82, 2.24) is 0 Å². The molecule has 0 fully saturated rings. The van der Waals surface area contributed by atoms with Gasteiger partial charge in [-0.1, -0.05) is 44.2 Å². The van der Waals surface area contributed by atoms with Crippen LogP contribution in [0.1, 0.15) is 44.8 Å². The van der Waals surface area contributed by atoms with Crippen LogP contribution >= 0.6 is 11.6 Å². The predicted molar refractivity (Wildman–Crippen MR) is 102 cm³/mol. The van der Waals surface area contributed by atoms with E-state index in [1.807, 2.05) is 18.2 Å². The molecule has 0 aliphatic carbocycles. The first kappa shape index (κ1) is 19.8. The van der Waals surface area contributed by atoms with Crippen molar-refractivity contribution in [2.45, 2.75) is 39.0 Å². The van der Waals surface area contributed by atoms with Crippen LogP contribution < -0.4 is 0 Å². The number of benzene rings is 1. The number of halogens is 1. The molecule has 2 aromatic rings. The quantitative estimate of drug-likeness (QED) is 0.234. The molecular weight excluding hydrogens is 350 g/mol. The number of nitrogens with zero attached hydrogens (tertiary/aromatic N) is 1. The molecule has 1 aromatic heterocycles. The normalized spacial score (nSPS) is 11.2. The number of unbranched alkanes of at least 4 members (excludes halogenated alkanes) is 4. The molecule has 0 spiro atoms. The summed E-state index contributed by atoms with van der Waals surface area (Å²) in [6.45, 7) is 2.48. The summed E-state index contributed by atoms with van der Waals surface area (Å²) >= 11 is 5.88. The average Bonchev–Trinajstić information content (AvgIpc) is 3.11. The van der Waals surface area contributed by atoms with E-state index in [1.165, 1.54) is 18.9 Å². The Morgan fingerprint density at radius 2 is 1.88 bits per heavy atom. The number of furan rings is 1. The first-order valence-corrected chi connectivity index (χ1v) is 9.16. The zero-order valence-corrected chi connectivity index (χ0v) is 15.6. The zero-order chi connectivity index (χ0) is 18.8. The van der Waals surface area contributed by atoms with Crippen LogP contribution in [0.3, 0.4) is 0 Å². The SMILES string of the molecule is CCCCCCCOC(=O)/C(C#N)=C/c1ccc(-c2ccc(Cl)cc2)o1. The summed E-state index contributed by atoms with van der Waals surface area (Å²) in [6.07, 6.45) is 6.73.